The number of carbonyl (C=O) groups excluding carboxylic acids is 2. The molecule has 1 saturated carbocycles. The van der Waals surface area contributed by atoms with Gasteiger partial charge in [-0.3, -0.25) is 4.79 Å². The number of aldehydes is 2. The van der Waals surface area contributed by atoms with E-state index in [0.717, 1.165) is 42.4 Å². The highest BCUT2D eigenvalue weighted by Gasteiger charge is 2.30. The number of allylic oxidation sites excluding steroid dienone is 4. The third kappa shape index (κ3) is 10.8. The van der Waals surface area contributed by atoms with Crippen molar-refractivity contribution in [3.8, 4) is 0 Å². The van der Waals surface area contributed by atoms with Gasteiger partial charge in [0.15, 0.2) is 0 Å². The summed E-state index contributed by atoms with van der Waals surface area (Å²) in [6.45, 7) is 25.7. The number of aromatic nitrogens is 1. The highest BCUT2D eigenvalue weighted by molar-refractivity contribution is 5.98. The smallest absolute Gasteiger partial charge is 0.142 e. The molecule has 1 aliphatic heterocycles. The van der Waals surface area contributed by atoms with Crippen molar-refractivity contribution in [3.63, 3.8) is 0 Å². The molecule has 2 aromatic rings. The van der Waals surface area contributed by atoms with Gasteiger partial charge in [-0.05, 0) is 99.6 Å². The van der Waals surface area contributed by atoms with Crippen LogP contribution in [0.2, 0.25) is 0 Å². The Balaban J connectivity index is 0.000000521. The van der Waals surface area contributed by atoms with Crippen LogP contribution in [0.5, 0.6) is 0 Å². The molecule has 2 aliphatic rings. The fourth-order valence-electron chi connectivity index (χ4n) is 5.81. The van der Waals surface area contributed by atoms with Gasteiger partial charge >= 0.3 is 0 Å². The van der Waals surface area contributed by atoms with E-state index in [4.69, 9.17) is 4.79 Å². The molecule has 2 fully saturated rings. The monoisotopic (exact) mass is 576 g/mol. The molecule has 1 atom stereocenters. The quantitative estimate of drug-likeness (QED) is 0.135. The standard InChI is InChI=1S/C26H35NO.C7H15N.C3H4O.C2H6/c1-6-18(4)9-13-23(21-11-12-21)22(8-3)26-19(5)27(15-16-28)25-14-10-20(7-2)17-24(25)26;1-3-4-7-5-8(2)6-7;1-2-3-4;1-2/h8,10,14,16-18,21H,3,6-7,9,11-13,15H2,1-2,4-5H3;7H,3-6H2,1-2H3;2-3H,1H2;1-2H3/b23-22-;;;. The molecule has 2 heterocycles. The maximum absolute atomic E-state index is 11.4. The van der Waals surface area contributed by atoms with E-state index in [-0.39, 0.29) is 0 Å². The maximum Gasteiger partial charge on any atom is 0.142 e. The SMILES string of the molecule is C=C/C(=C(\CCC(C)CC)C1CC1)c1c(C)n(CC=O)c2ccc(CC)cc12.C=CC=O.CC.CCCC1CN(C)C1. The van der Waals surface area contributed by atoms with Crippen LogP contribution in [0.15, 0.2) is 49.1 Å². The molecule has 1 unspecified atom stereocenters. The number of fused-ring (bicyclic) bond motifs is 1. The third-order valence-corrected chi connectivity index (χ3v) is 8.48. The molecule has 0 spiro atoms. The van der Waals surface area contributed by atoms with Crippen molar-refractivity contribution >= 4 is 29.0 Å². The predicted octanol–water partition coefficient (Wildman–Crippen LogP) is 9.63. The number of hydrogen-bond donors (Lipinski definition) is 0. The summed E-state index contributed by atoms with van der Waals surface area (Å²) < 4.78 is 2.17. The molecule has 4 rings (SSSR count). The Morgan fingerprint density at radius 3 is 2.19 bits per heavy atom. The van der Waals surface area contributed by atoms with Gasteiger partial charge in [-0.2, -0.15) is 0 Å². The number of benzene rings is 1. The largest absolute Gasteiger partial charge is 0.337 e. The summed E-state index contributed by atoms with van der Waals surface area (Å²) in [5.41, 5.74) is 7.90. The molecule has 0 N–H and O–H groups in total. The van der Waals surface area contributed by atoms with Crippen molar-refractivity contribution in [2.75, 3.05) is 20.1 Å². The van der Waals surface area contributed by atoms with Crippen LogP contribution in [0.1, 0.15) is 103 Å². The minimum Gasteiger partial charge on any atom is -0.337 e. The Morgan fingerprint density at radius 1 is 1.10 bits per heavy atom. The number of likely N-dealkylation sites (tertiary alicyclic amines) is 1. The summed E-state index contributed by atoms with van der Waals surface area (Å²) >= 11 is 0. The van der Waals surface area contributed by atoms with Crippen molar-refractivity contribution in [3.05, 3.63) is 65.9 Å². The first-order valence-corrected chi connectivity index (χ1v) is 16.5. The Hall–Kier alpha value is -2.72. The summed E-state index contributed by atoms with van der Waals surface area (Å²) in [4.78, 5) is 22.8. The second-order valence-electron chi connectivity index (χ2n) is 11.7. The molecule has 0 amide bonds. The van der Waals surface area contributed by atoms with E-state index in [1.54, 1.807) is 5.57 Å². The molecule has 1 saturated heterocycles. The number of aryl methyl sites for hydroxylation is 1. The van der Waals surface area contributed by atoms with E-state index in [2.05, 4.69) is 88.6 Å². The van der Waals surface area contributed by atoms with Gasteiger partial charge in [-0.25, -0.2) is 0 Å². The van der Waals surface area contributed by atoms with Gasteiger partial charge in [0.1, 0.15) is 12.6 Å². The fraction of sp³-hybridized carbons (Fsp3) is 0.579. The zero-order valence-corrected chi connectivity index (χ0v) is 28.2. The molecule has 0 radical (unpaired) electrons. The second kappa shape index (κ2) is 20.2. The van der Waals surface area contributed by atoms with Crippen molar-refractivity contribution in [1.29, 1.82) is 0 Å². The Labute approximate surface area is 258 Å². The maximum atomic E-state index is 11.4. The first-order chi connectivity index (χ1) is 20.3. The summed E-state index contributed by atoms with van der Waals surface area (Å²) in [6.07, 6.45) is 15.0. The van der Waals surface area contributed by atoms with Crippen molar-refractivity contribution in [1.82, 2.24) is 9.47 Å². The molecular weight excluding hydrogens is 516 g/mol. The van der Waals surface area contributed by atoms with E-state index < -0.39 is 0 Å². The second-order valence-corrected chi connectivity index (χ2v) is 11.7. The van der Waals surface area contributed by atoms with E-state index in [9.17, 15) is 4.79 Å². The van der Waals surface area contributed by atoms with Gasteiger partial charge in [-0.1, -0.05) is 85.3 Å². The lowest BCUT2D eigenvalue weighted by Crippen LogP contribution is -2.43. The van der Waals surface area contributed by atoms with Gasteiger partial charge in [0, 0.05) is 35.2 Å². The van der Waals surface area contributed by atoms with E-state index in [1.165, 1.54) is 85.5 Å². The molecule has 4 nitrogen and oxygen atoms in total. The average molecular weight is 577 g/mol. The van der Waals surface area contributed by atoms with Gasteiger partial charge in [-0.15, -0.1) is 0 Å². The lowest BCUT2D eigenvalue weighted by molar-refractivity contribution is -0.108. The predicted molar refractivity (Wildman–Crippen MR) is 184 cm³/mol. The molecule has 42 heavy (non-hydrogen) atoms. The van der Waals surface area contributed by atoms with Gasteiger partial charge in [0.2, 0.25) is 0 Å². The van der Waals surface area contributed by atoms with Gasteiger partial charge in [0.25, 0.3) is 0 Å². The Morgan fingerprint density at radius 2 is 1.74 bits per heavy atom. The Kier molecular flexibility index (Phi) is 18.0. The van der Waals surface area contributed by atoms with Crippen LogP contribution < -0.4 is 0 Å². The van der Waals surface area contributed by atoms with E-state index in [0.29, 0.717) is 12.8 Å². The van der Waals surface area contributed by atoms with Crippen LogP contribution in [0.3, 0.4) is 0 Å². The summed E-state index contributed by atoms with van der Waals surface area (Å²) in [7, 11) is 2.19. The average Bonchev–Trinajstić information content (AvgIpc) is 3.81. The highest BCUT2D eigenvalue weighted by Crippen LogP contribution is 2.45. The molecule has 0 bridgehead atoms. The topological polar surface area (TPSA) is 42.3 Å². The number of rotatable bonds is 13. The summed E-state index contributed by atoms with van der Waals surface area (Å²) in [5.74, 6) is 2.50. The van der Waals surface area contributed by atoms with Crippen LogP contribution in [-0.4, -0.2) is 42.2 Å². The summed E-state index contributed by atoms with van der Waals surface area (Å²) in [5, 5.41) is 1.27. The molecule has 1 aromatic heterocycles. The van der Waals surface area contributed by atoms with Gasteiger partial charge in [0.05, 0.1) is 6.54 Å². The number of hydrogen-bond acceptors (Lipinski definition) is 3. The third-order valence-electron chi connectivity index (χ3n) is 8.48. The lowest BCUT2D eigenvalue weighted by Gasteiger charge is -2.35. The highest BCUT2D eigenvalue weighted by atomic mass is 16.1. The first-order valence-electron chi connectivity index (χ1n) is 16.5. The van der Waals surface area contributed by atoms with Crippen LogP contribution in [-0.2, 0) is 22.6 Å². The molecule has 4 heteroatoms. The van der Waals surface area contributed by atoms with Crippen LogP contribution >= 0.6 is 0 Å². The van der Waals surface area contributed by atoms with Gasteiger partial charge < -0.3 is 14.3 Å². The minimum atomic E-state index is 0.407. The molecule has 234 valence electrons. The van der Waals surface area contributed by atoms with Crippen molar-refractivity contribution in [2.24, 2.45) is 17.8 Å². The van der Waals surface area contributed by atoms with Crippen LogP contribution in [0, 0.1) is 24.7 Å². The summed E-state index contributed by atoms with van der Waals surface area (Å²) in [6, 6.07) is 6.70. The van der Waals surface area contributed by atoms with E-state index >= 15 is 0 Å². The Bertz CT molecular complexity index is 1140. The first kappa shape index (κ1) is 37.3. The molecule has 1 aliphatic carbocycles. The number of nitrogens with zero attached hydrogens (tertiary/aromatic N) is 2. The van der Waals surface area contributed by atoms with Crippen LogP contribution in [0.4, 0.5) is 0 Å². The minimum absolute atomic E-state index is 0.407. The van der Waals surface area contributed by atoms with Crippen molar-refractivity contribution in [2.45, 2.75) is 106 Å². The zero-order valence-electron chi connectivity index (χ0n) is 28.2. The zero-order chi connectivity index (χ0) is 31.7. The normalized spacial score (nSPS) is 15.8. The number of carbonyl (C=O) groups is 2. The fourth-order valence-corrected chi connectivity index (χ4v) is 5.81. The lowest BCUT2D eigenvalue weighted by atomic mass is 9.89. The van der Waals surface area contributed by atoms with Crippen LogP contribution in [0.25, 0.3) is 16.5 Å². The molecular formula is C38H60N2O2. The van der Waals surface area contributed by atoms with Crippen molar-refractivity contribution < 1.29 is 9.59 Å². The van der Waals surface area contributed by atoms with E-state index in [1.807, 2.05) is 13.8 Å². The molecule has 1 aromatic carbocycles.